The van der Waals surface area contributed by atoms with Gasteiger partial charge in [-0.3, -0.25) is 14.9 Å². The van der Waals surface area contributed by atoms with Crippen molar-refractivity contribution in [1.29, 1.82) is 0 Å². The molecule has 0 radical (unpaired) electrons. The van der Waals surface area contributed by atoms with E-state index in [2.05, 4.69) is 0 Å². The fourth-order valence-corrected chi connectivity index (χ4v) is 2.47. The zero-order valence-electron chi connectivity index (χ0n) is 10.9. The van der Waals surface area contributed by atoms with Gasteiger partial charge in [-0.05, 0) is 24.8 Å². The second-order valence-electron chi connectivity index (χ2n) is 3.82. The smallest absolute Gasteiger partial charge is 0.322 e. The minimum Gasteiger partial charge on any atom is -0.465 e. The number of nitro groups is 1. The molecule has 20 heavy (non-hydrogen) atoms. The summed E-state index contributed by atoms with van der Waals surface area (Å²) in [5, 5.41) is 20.1. The molecule has 0 spiro atoms. The number of rotatable bonds is 6. The van der Waals surface area contributed by atoms with Crippen LogP contribution >= 0.6 is 23.4 Å². The number of carbonyl (C=O) groups is 1. The van der Waals surface area contributed by atoms with Gasteiger partial charge in [0, 0.05) is 6.07 Å². The van der Waals surface area contributed by atoms with Gasteiger partial charge in [-0.1, -0.05) is 17.7 Å². The van der Waals surface area contributed by atoms with Crippen LogP contribution in [0.2, 0.25) is 5.02 Å². The average Bonchev–Trinajstić information content (AvgIpc) is 2.39. The molecule has 1 N–H and O–H groups in total. The lowest BCUT2D eigenvalue weighted by atomic mass is 10.1. The lowest BCUT2D eigenvalue weighted by molar-refractivity contribution is -0.384. The Hall–Kier alpha value is -1.31. The maximum absolute atomic E-state index is 11.7. The molecule has 0 aliphatic rings. The molecule has 8 heteroatoms. The highest BCUT2D eigenvalue weighted by Crippen LogP contribution is 2.32. The van der Waals surface area contributed by atoms with E-state index in [0.717, 1.165) is 17.8 Å². The summed E-state index contributed by atoms with van der Waals surface area (Å²) in [5.74, 6) is -0.565. The monoisotopic (exact) mass is 319 g/mol. The molecule has 6 nitrogen and oxygen atoms in total. The number of benzene rings is 1. The van der Waals surface area contributed by atoms with E-state index < -0.39 is 22.2 Å². The van der Waals surface area contributed by atoms with Gasteiger partial charge in [0.05, 0.1) is 11.5 Å². The van der Waals surface area contributed by atoms with Crippen molar-refractivity contribution in [3.63, 3.8) is 0 Å². The molecule has 0 saturated carbocycles. The normalized spacial score (nSPS) is 13.6. The Labute approximate surface area is 125 Å². The largest absolute Gasteiger partial charge is 0.465 e. The van der Waals surface area contributed by atoms with Gasteiger partial charge in [-0.25, -0.2) is 0 Å². The fraction of sp³-hybridized carbons (Fsp3) is 0.417. The lowest BCUT2D eigenvalue weighted by Crippen LogP contribution is -2.27. The summed E-state index contributed by atoms with van der Waals surface area (Å²) in [5.41, 5.74) is -0.0690. The number of aliphatic hydroxyl groups excluding tert-OH is 1. The predicted octanol–water partition coefficient (Wildman–Crippen LogP) is 2.58. The average molecular weight is 320 g/mol. The van der Waals surface area contributed by atoms with Crippen molar-refractivity contribution in [2.45, 2.75) is 18.3 Å². The second kappa shape index (κ2) is 7.47. The molecule has 0 saturated heterocycles. The number of carbonyl (C=O) groups excluding carboxylic acids is 1. The Morgan fingerprint density at radius 2 is 2.25 bits per heavy atom. The van der Waals surface area contributed by atoms with E-state index in [4.69, 9.17) is 16.3 Å². The highest BCUT2D eigenvalue weighted by atomic mass is 35.5. The van der Waals surface area contributed by atoms with Gasteiger partial charge in [0.15, 0.2) is 0 Å². The number of aliphatic hydroxyl groups is 1. The molecule has 0 aromatic heterocycles. The first-order chi connectivity index (χ1) is 9.42. The highest BCUT2D eigenvalue weighted by molar-refractivity contribution is 7.99. The Morgan fingerprint density at radius 1 is 1.60 bits per heavy atom. The van der Waals surface area contributed by atoms with E-state index in [1.165, 1.54) is 12.1 Å². The van der Waals surface area contributed by atoms with E-state index >= 15 is 0 Å². The van der Waals surface area contributed by atoms with E-state index in [1.807, 2.05) is 0 Å². The van der Waals surface area contributed by atoms with Crippen LogP contribution in [0.4, 0.5) is 5.69 Å². The summed E-state index contributed by atoms with van der Waals surface area (Å²) < 4.78 is 4.86. The molecule has 1 aromatic carbocycles. The summed E-state index contributed by atoms with van der Waals surface area (Å²) in [4.78, 5) is 21.9. The number of hydrogen-bond donors (Lipinski definition) is 1. The first kappa shape index (κ1) is 16.7. The molecule has 0 aliphatic carbocycles. The Balaban J connectivity index is 3.06. The minimum atomic E-state index is -1.21. The lowest BCUT2D eigenvalue weighted by Gasteiger charge is -2.19. The van der Waals surface area contributed by atoms with Gasteiger partial charge in [-0.15, -0.1) is 11.8 Å². The van der Waals surface area contributed by atoms with Gasteiger partial charge in [0.25, 0.3) is 5.69 Å². The Morgan fingerprint density at radius 3 is 2.75 bits per heavy atom. The van der Waals surface area contributed by atoms with E-state index in [-0.39, 0.29) is 22.9 Å². The van der Waals surface area contributed by atoms with Gasteiger partial charge in [0.1, 0.15) is 16.4 Å². The van der Waals surface area contributed by atoms with Crippen molar-refractivity contribution in [2.75, 3.05) is 12.9 Å². The van der Waals surface area contributed by atoms with E-state index in [1.54, 1.807) is 13.2 Å². The topological polar surface area (TPSA) is 89.7 Å². The number of esters is 1. The molecule has 0 bridgehead atoms. The zero-order valence-corrected chi connectivity index (χ0v) is 12.5. The van der Waals surface area contributed by atoms with Crippen LogP contribution in [0.5, 0.6) is 0 Å². The van der Waals surface area contributed by atoms with Gasteiger partial charge < -0.3 is 9.84 Å². The van der Waals surface area contributed by atoms with Crippen LogP contribution in [0.1, 0.15) is 18.6 Å². The van der Waals surface area contributed by atoms with Crippen molar-refractivity contribution in [2.24, 2.45) is 0 Å². The van der Waals surface area contributed by atoms with Crippen LogP contribution in [0.25, 0.3) is 0 Å². The third-order valence-electron chi connectivity index (χ3n) is 2.57. The molecular formula is C12H14ClNO5S. The standard InChI is InChI=1S/C12H14ClNO5S/c1-3-19-12(16)11(20-2)10(15)7-4-5-8(13)9(6-7)14(17)18/h4-6,10-11,15H,3H2,1-2H3/t10-,11+/m1/s1. The maximum atomic E-state index is 11.7. The van der Waals surface area contributed by atoms with Gasteiger partial charge in [-0.2, -0.15) is 0 Å². The Bertz CT molecular complexity index is 511. The molecule has 110 valence electrons. The van der Waals surface area contributed by atoms with Crippen molar-refractivity contribution in [3.8, 4) is 0 Å². The molecular weight excluding hydrogens is 306 g/mol. The maximum Gasteiger partial charge on any atom is 0.322 e. The summed E-state index contributed by atoms with van der Waals surface area (Å²) in [6, 6.07) is 3.93. The quantitative estimate of drug-likeness (QED) is 0.492. The van der Waals surface area contributed by atoms with E-state index in [0.29, 0.717) is 0 Å². The third-order valence-corrected chi connectivity index (χ3v) is 3.85. The summed E-state index contributed by atoms with van der Waals surface area (Å²) in [6.45, 7) is 1.86. The Kier molecular flexibility index (Phi) is 6.25. The highest BCUT2D eigenvalue weighted by Gasteiger charge is 2.30. The fourth-order valence-electron chi connectivity index (χ4n) is 1.61. The molecule has 0 unspecified atom stereocenters. The molecule has 0 amide bonds. The number of ether oxygens (including phenoxy) is 1. The number of hydrogen-bond acceptors (Lipinski definition) is 6. The van der Waals surface area contributed by atoms with Crippen LogP contribution in [-0.4, -0.2) is 34.1 Å². The number of nitro benzene ring substituents is 1. The van der Waals surface area contributed by atoms with Crippen molar-refractivity contribution in [3.05, 3.63) is 38.9 Å². The van der Waals surface area contributed by atoms with Crippen molar-refractivity contribution in [1.82, 2.24) is 0 Å². The minimum absolute atomic E-state index is 0.0252. The SMILES string of the molecule is CCOC(=O)[C@@H](SC)[C@H](O)c1ccc(Cl)c([N+](=O)[O-])c1. The number of thioether (sulfide) groups is 1. The number of nitrogens with zero attached hydrogens (tertiary/aromatic N) is 1. The van der Waals surface area contributed by atoms with Crippen molar-refractivity contribution < 1.29 is 19.6 Å². The number of halogens is 1. The van der Waals surface area contributed by atoms with Gasteiger partial charge >= 0.3 is 5.97 Å². The molecule has 1 rings (SSSR count). The second-order valence-corrected chi connectivity index (χ2v) is 5.21. The molecule has 2 atom stereocenters. The predicted molar refractivity (Wildman–Crippen MR) is 77.0 cm³/mol. The summed E-state index contributed by atoms with van der Waals surface area (Å²) in [7, 11) is 0. The van der Waals surface area contributed by atoms with Crippen LogP contribution in [0, 0.1) is 10.1 Å². The molecule has 1 aromatic rings. The van der Waals surface area contributed by atoms with Crippen LogP contribution in [0.15, 0.2) is 18.2 Å². The van der Waals surface area contributed by atoms with Crippen LogP contribution in [-0.2, 0) is 9.53 Å². The third kappa shape index (κ3) is 3.84. The molecule has 0 fully saturated rings. The first-order valence-corrected chi connectivity index (χ1v) is 7.40. The molecule has 0 heterocycles. The van der Waals surface area contributed by atoms with Crippen molar-refractivity contribution >= 4 is 35.0 Å². The summed E-state index contributed by atoms with van der Waals surface area (Å²) >= 11 is 6.81. The van der Waals surface area contributed by atoms with Crippen LogP contribution < -0.4 is 0 Å². The molecule has 0 aliphatic heterocycles. The zero-order chi connectivity index (χ0) is 15.3. The van der Waals surface area contributed by atoms with Gasteiger partial charge in [0.2, 0.25) is 0 Å². The van der Waals surface area contributed by atoms with E-state index in [9.17, 15) is 20.0 Å². The summed E-state index contributed by atoms with van der Waals surface area (Å²) in [6.07, 6.45) is 0.440. The first-order valence-electron chi connectivity index (χ1n) is 5.73. The van der Waals surface area contributed by atoms with Crippen LogP contribution in [0.3, 0.4) is 0 Å².